The van der Waals surface area contributed by atoms with E-state index in [0.29, 0.717) is 5.37 Å². The smallest absolute Gasteiger partial charge is 0.171 e. The van der Waals surface area contributed by atoms with Crippen molar-refractivity contribution in [3.63, 3.8) is 0 Å². The molecule has 2 aromatic rings. The van der Waals surface area contributed by atoms with E-state index in [2.05, 4.69) is 84.6 Å². The molecule has 4 unspecified atom stereocenters. The van der Waals surface area contributed by atoms with E-state index < -0.39 is 0 Å². The van der Waals surface area contributed by atoms with Gasteiger partial charge in [0.15, 0.2) is 16.1 Å². The lowest BCUT2D eigenvalue weighted by Crippen LogP contribution is -2.64. The molecule has 2 nitrogen and oxygen atoms in total. The lowest BCUT2D eigenvalue weighted by molar-refractivity contribution is 0.0842. The van der Waals surface area contributed by atoms with Crippen molar-refractivity contribution < 1.29 is 0 Å². The van der Waals surface area contributed by atoms with Crippen LogP contribution in [0.2, 0.25) is 0 Å². The third kappa shape index (κ3) is 2.58. The summed E-state index contributed by atoms with van der Waals surface area (Å²) in [4.78, 5) is 5.18. The molecule has 0 aliphatic carbocycles. The summed E-state index contributed by atoms with van der Waals surface area (Å²) < 4.78 is 0.844. The molecule has 0 radical (unpaired) electrons. The number of fused-ring (bicyclic) bond motifs is 5. The van der Waals surface area contributed by atoms with Crippen molar-refractivity contribution in [1.29, 1.82) is 0 Å². The molecule has 3 heteroatoms. The minimum atomic E-state index is -0.0269. The van der Waals surface area contributed by atoms with Gasteiger partial charge >= 0.3 is 0 Å². The van der Waals surface area contributed by atoms with Gasteiger partial charge in [-0.3, -0.25) is 0 Å². The molecule has 0 amide bonds. The van der Waals surface area contributed by atoms with Gasteiger partial charge in [-0.1, -0.05) is 64.5 Å². The Hall–Kier alpha value is -1.58. The molecule has 2 aliphatic heterocycles. The summed E-state index contributed by atoms with van der Waals surface area (Å²) in [6, 6.07) is 13.8. The van der Waals surface area contributed by atoms with Gasteiger partial charge in [0.25, 0.3) is 0 Å². The van der Waals surface area contributed by atoms with Crippen molar-refractivity contribution in [2.24, 2.45) is 5.41 Å². The fourth-order valence-electron chi connectivity index (χ4n) is 6.55. The second-order valence-corrected chi connectivity index (χ2v) is 10.7. The van der Waals surface area contributed by atoms with Gasteiger partial charge in [-0.15, -0.1) is 0 Å². The molecule has 4 atom stereocenters. The van der Waals surface area contributed by atoms with Crippen LogP contribution in [0.5, 0.6) is 0 Å². The lowest BCUT2D eigenvalue weighted by Gasteiger charge is -2.59. The molecule has 0 saturated carbocycles. The third-order valence-corrected chi connectivity index (χ3v) is 9.94. The van der Waals surface area contributed by atoms with E-state index in [1.165, 1.54) is 46.1 Å². The van der Waals surface area contributed by atoms with Crippen LogP contribution in [-0.2, 0) is 11.8 Å². The predicted molar refractivity (Wildman–Crippen MR) is 131 cm³/mol. The molecular weight excluding hydrogens is 384 g/mol. The average molecular weight is 422 g/mol. The number of thioether (sulfide) groups is 1. The zero-order valence-corrected chi connectivity index (χ0v) is 20.4. The molecule has 1 aromatic carbocycles. The summed E-state index contributed by atoms with van der Waals surface area (Å²) in [5, 5.41) is 1.62. The highest BCUT2D eigenvalue weighted by Crippen LogP contribution is 2.69. The predicted octanol–water partition coefficient (Wildman–Crippen LogP) is 7.78. The second-order valence-electron chi connectivity index (χ2n) is 9.60. The highest BCUT2D eigenvalue weighted by atomic mass is 32.2. The van der Waals surface area contributed by atoms with E-state index in [1.807, 2.05) is 11.8 Å². The number of nitrogens with zero attached hydrogens (tertiary/aromatic N) is 2. The van der Waals surface area contributed by atoms with Crippen molar-refractivity contribution in [2.75, 3.05) is 7.05 Å². The van der Waals surface area contributed by atoms with Gasteiger partial charge in [-0.25, -0.2) is 9.47 Å². The number of pyridine rings is 1. The number of hydrogen-bond acceptors (Lipinski definition) is 2. The number of benzene rings is 1. The Morgan fingerprint density at radius 3 is 2.47 bits per heavy atom. The summed E-state index contributed by atoms with van der Waals surface area (Å²) in [7, 11) is 2.42. The monoisotopic (exact) mass is 421 g/mol. The molecule has 2 aliphatic rings. The summed E-state index contributed by atoms with van der Waals surface area (Å²) in [5.74, 6) is 0. The SMILES string of the molecule is C=C(C)C1(CC)c2ccccc2[N+]2(C)c3ccc(CCCC)nc3SC2C1(C)CC. The Balaban J connectivity index is 2.00. The normalized spacial score (nSPS) is 31.7. The fraction of sp³-hybridized carbons (Fsp3) is 0.519. The zero-order chi connectivity index (χ0) is 21.7. The fourth-order valence-corrected chi connectivity index (χ4v) is 8.38. The van der Waals surface area contributed by atoms with E-state index in [1.54, 1.807) is 0 Å². The van der Waals surface area contributed by atoms with E-state index in [9.17, 15) is 0 Å². The van der Waals surface area contributed by atoms with Crippen LogP contribution in [0, 0.1) is 5.41 Å². The minimum absolute atomic E-state index is 0.0269. The maximum atomic E-state index is 5.18. The number of allylic oxidation sites excluding steroid dienone is 1. The molecule has 0 spiro atoms. The van der Waals surface area contributed by atoms with Gasteiger partial charge in [0.1, 0.15) is 5.69 Å². The van der Waals surface area contributed by atoms with Crippen molar-refractivity contribution in [3.05, 3.63) is 59.8 Å². The summed E-state index contributed by atoms with van der Waals surface area (Å²) in [5.41, 5.74) is 6.83. The molecule has 0 saturated heterocycles. The quantitative estimate of drug-likeness (QED) is 0.349. The first-order valence-corrected chi connectivity index (χ1v) is 12.5. The van der Waals surface area contributed by atoms with Crippen LogP contribution >= 0.6 is 11.8 Å². The zero-order valence-electron chi connectivity index (χ0n) is 19.6. The third-order valence-electron chi connectivity index (χ3n) is 8.25. The summed E-state index contributed by atoms with van der Waals surface area (Å²) in [6.07, 6.45) is 5.68. The number of aryl methyl sites for hydroxylation is 1. The molecule has 0 fully saturated rings. The standard InChI is InChI=1S/C27H37N2S/c1-8-11-14-20-17-18-23-24(28-20)30-25-26(6,9-2)27(10-3,19(4)5)21-15-12-13-16-22(21)29(23,25)7/h12-13,15-18,25H,4,8-11,14H2,1-3,5-7H3/q+1. The Bertz CT molecular complexity index is 983. The number of hydrogen-bond donors (Lipinski definition) is 0. The van der Waals surface area contributed by atoms with Crippen LogP contribution in [0.1, 0.15) is 71.6 Å². The van der Waals surface area contributed by atoms with Crippen LogP contribution < -0.4 is 4.48 Å². The van der Waals surface area contributed by atoms with Crippen molar-refractivity contribution in [3.8, 4) is 0 Å². The number of rotatable bonds is 6. The molecule has 3 heterocycles. The van der Waals surface area contributed by atoms with Crippen molar-refractivity contribution in [2.45, 2.75) is 82.5 Å². The average Bonchev–Trinajstić information content (AvgIpc) is 3.06. The van der Waals surface area contributed by atoms with Crippen LogP contribution in [-0.4, -0.2) is 17.4 Å². The van der Waals surface area contributed by atoms with E-state index in [0.717, 1.165) is 23.7 Å². The van der Waals surface area contributed by atoms with Gasteiger partial charge in [0.2, 0.25) is 0 Å². The molecule has 0 bridgehead atoms. The molecule has 30 heavy (non-hydrogen) atoms. The number of quaternary nitrogens is 1. The van der Waals surface area contributed by atoms with Gasteiger partial charge in [0, 0.05) is 28.2 Å². The Kier molecular flexibility index (Phi) is 5.43. The largest absolute Gasteiger partial charge is 0.247 e. The summed E-state index contributed by atoms with van der Waals surface area (Å²) >= 11 is 2.02. The van der Waals surface area contributed by atoms with Crippen molar-refractivity contribution >= 4 is 23.1 Å². The number of aromatic nitrogens is 1. The van der Waals surface area contributed by atoms with Crippen LogP contribution in [0.3, 0.4) is 0 Å². The molecule has 4 rings (SSSR count). The first kappa shape index (κ1) is 21.6. The Labute approximate surface area is 187 Å². The van der Waals surface area contributed by atoms with E-state index >= 15 is 0 Å². The van der Waals surface area contributed by atoms with E-state index in [4.69, 9.17) is 4.98 Å². The lowest BCUT2D eigenvalue weighted by atomic mass is 9.52. The topological polar surface area (TPSA) is 12.9 Å². The van der Waals surface area contributed by atoms with Crippen LogP contribution in [0.15, 0.2) is 53.6 Å². The number of para-hydroxylation sites is 1. The molecule has 160 valence electrons. The Morgan fingerprint density at radius 2 is 1.83 bits per heavy atom. The summed E-state index contributed by atoms with van der Waals surface area (Å²) in [6.45, 7) is 16.3. The highest BCUT2D eigenvalue weighted by molar-refractivity contribution is 8.00. The Morgan fingerprint density at radius 1 is 1.10 bits per heavy atom. The van der Waals surface area contributed by atoms with Crippen LogP contribution in [0.25, 0.3) is 0 Å². The van der Waals surface area contributed by atoms with Crippen molar-refractivity contribution in [1.82, 2.24) is 9.47 Å². The van der Waals surface area contributed by atoms with Gasteiger partial charge < -0.3 is 0 Å². The van der Waals surface area contributed by atoms with Gasteiger partial charge in [-0.2, -0.15) is 0 Å². The number of unbranched alkanes of at least 4 members (excludes halogenated alkanes) is 1. The minimum Gasteiger partial charge on any atom is -0.247 e. The maximum Gasteiger partial charge on any atom is 0.171 e. The van der Waals surface area contributed by atoms with Gasteiger partial charge in [-0.05, 0) is 56.5 Å². The van der Waals surface area contributed by atoms with Gasteiger partial charge in [0.05, 0.1) is 7.05 Å². The molecular formula is C27H37N2S+. The van der Waals surface area contributed by atoms with Crippen LogP contribution in [0.4, 0.5) is 11.4 Å². The first-order chi connectivity index (χ1) is 14.3. The molecule has 0 N–H and O–H groups in total. The van der Waals surface area contributed by atoms with E-state index in [-0.39, 0.29) is 10.8 Å². The maximum absolute atomic E-state index is 5.18. The molecule has 1 aromatic heterocycles. The second kappa shape index (κ2) is 7.53. The first-order valence-electron chi connectivity index (χ1n) is 11.6. The highest BCUT2D eigenvalue weighted by Gasteiger charge is 2.67.